The van der Waals surface area contributed by atoms with E-state index in [9.17, 15) is 14.4 Å². The van der Waals surface area contributed by atoms with Crippen LogP contribution in [0.3, 0.4) is 0 Å². The highest BCUT2D eigenvalue weighted by atomic mass is 79.9. The maximum absolute atomic E-state index is 14.0. The fourth-order valence-electron chi connectivity index (χ4n) is 4.50. The number of carbonyl (C=O) groups excluding carboxylic acids is 2. The third kappa shape index (κ3) is 4.44. The standard InChI is InChI=1S/C27H24BrN3O5S/c1-5-35-17-9-6-15(7-10-17)22-20(26(34)36-13(2)3)14(4)29-27-31(22)25(33)23(37-27)21-18-12-16(28)8-11-19(18)30-24(21)32/h6-13,22H,5H2,1-4H3,(H,30,32)/b23-21+/t22-/m0/s1. The number of nitrogens with one attached hydrogen (secondary N) is 1. The molecule has 3 heterocycles. The number of benzene rings is 2. The summed E-state index contributed by atoms with van der Waals surface area (Å²) in [6, 6.07) is 11.9. The van der Waals surface area contributed by atoms with Gasteiger partial charge in [0.1, 0.15) is 10.3 Å². The van der Waals surface area contributed by atoms with Gasteiger partial charge in [-0.1, -0.05) is 39.4 Å². The molecular weight excluding hydrogens is 558 g/mol. The van der Waals surface area contributed by atoms with Crippen molar-refractivity contribution >= 4 is 50.4 Å². The van der Waals surface area contributed by atoms with Crippen molar-refractivity contribution < 1.29 is 19.1 Å². The molecule has 0 radical (unpaired) electrons. The molecular formula is C27H24BrN3O5S. The van der Waals surface area contributed by atoms with E-state index in [1.54, 1.807) is 45.0 Å². The molecule has 0 aliphatic carbocycles. The molecule has 0 fully saturated rings. The maximum atomic E-state index is 14.0. The Bertz CT molecular complexity index is 1650. The lowest BCUT2D eigenvalue weighted by Gasteiger charge is -2.25. The van der Waals surface area contributed by atoms with Crippen molar-refractivity contribution in [2.75, 3.05) is 11.9 Å². The van der Waals surface area contributed by atoms with E-state index in [0.717, 1.165) is 15.8 Å². The van der Waals surface area contributed by atoms with Crippen LogP contribution in [-0.2, 0) is 14.3 Å². The number of amides is 1. The van der Waals surface area contributed by atoms with E-state index in [0.29, 0.717) is 39.7 Å². The second-order valence-corrected chi connectivity index (χ2v) is 10.8. The van der Waals surface area contributed by atoms with E-state index in [-0.39, 0.29) is 27.7 Å². The molecule has 2 aromatic carbocycles. The van der Waals surface area contributed by atoms with Gasteiger partial charge in [-0.2, -0.15) is 0 Å². The number of rotatable bonds is 5. The highest BCUT2D eigenvalue weighted by molar-refractivity contribution is 9.10. The van der Waals surface area contributed by atoms with E-state index in [4.69, 9.17) is 9.47 Å². The average Bonchev–Trinajstić information content (AvgIpc) is 3.33. The number of hydrogen-bond donors (Lipinski definition) is 1. The molecule has 10 heteroatoms. The number of hydrogen-bond acceptors (Lipinski definition) is 7. The highest BCUT2D eigenvalue weighted by Crippen LogP contribution is 2.34. The molecule has 0 saturated heterocycles. The van der Waals surface area contributed by atoms with Gasteiger partial charge in [0.2, 0.25) is 0 Å². The Hall–Kier alpha value is -3.50. The summed E-state index contributed by atoms with van der Waals surface area (Å²) in [4.78, 5) is 45.2. The molecule has 0 unspecified atom stereocenters. The second kappa shape index (κ2) is 9.75. The zero-order valence-electron chi connectivity index (χ0n) is 20.6. The maximum Gasteiger partial charge on any atom is 0.338 e. The normalized spacial score (nSPS) is 17.8. The number of allylic oxidation sites excluding steroid dienone is 1. The average molecular weight is 582 g/mol. The topological polar surface area (TPSA) is 99.0 Å². The third-order valence-corrected chi connectivity index (χ3v) is 7.57. The van der Waals surface area contributed by atoms with Crippen molar-refractivity contribution in [3.05, 3.63) is 89.0 Å². The molecule has 1 atom stereocenters. The lowest BCUT2D eigenvalue weighted by Crippen LogP contribution is -2.40. The molecule has 0 spiro atoms. The molecule has 0 saturated carbocycles. The predicted octanol–water partition coefficient (Wildman–Crippen LogP) is 3.67. The van der Waals surface area contributed by atoms with Crippen LogP contribution in [0.15, 0.2) is 68.0 Å². The molecule has 1 amide bonds. The van der Waals surface area contributed by atoms with Crippen molar-refractivity contribution in [2.45, 2.75) is 39.8 Å². The monoisotopic (exact) mass is 581 g/mol. The van der Waals surface area contributed by atoms with E-state index >= 15 is 0 Å². The number of halogens is 1. The zero-order chi connectivity index (χ0) is 26.4. The lowest BCUT2D eigenvalue weighted by atomic mass is 9.95. The van der Waals surface area contributed by atoms with Crippen LogP contribution >= 0.6 is 27.3 Å². The second-order valence-electron chi connectivity index (χ2n) is 8.88. The van der Waals surface area contributed by atoms with E-state index in [1.165, 1.54) is 4.57 Å². The van der Waals surface area contributed by atoms with Crippen LogP contribution in [0.25, 0.3) is 5.57 Å². The quantitative estimate of drug-likeness (QED) is 0.463. The van der Waals surface area contributed by atoms with Crippen LogP contribution < -0.4 is 24.9 Å². The first-order valence-corrected chi connectivity index (χ1v) is 13.4. The Labute approximate surface area is 225 Å². The summed E-state index contributed by atoms with van der Waals surface area (Å²) in [5, 5.41) is 2.83. The van der Waals surface area contributed by atoms with Gasteiger partial charge >= 0.3 is 5.97 Å². The summed E-state index contributed by atoms with van der Waals surface area (Å²) in [6.45, 7) is 7.68. The zero-order valence-corrected chi connectivity index (χ0v) is 23.0. The third-order valence-electron chi connectivity index (χ3n) is 6.02. The number of thiazole rings is 1. The van der Waals surface area contributed by atoms with Crippen LogP contribution in [0, 0.1) is 0 Å². The Kier molecular flexibility index (Phi) is 6.63. The molecule has 2 aliphatic heterocycles. The number of anilines is 1. The van der Waals surface area contributed by atoms with Crippen LogP contribution in [0.1, 0.15) is 44.9 Å². The number of fused-ring (bicyclic) bond motifs is 2. The molecule has 1 N–H and O–H groups in total. The number of aromatic nitrogens is 1. The highest BCUT2D eigenvalue weighted by Gasteiger charge is 2.35. The molecule has 8 nitrogen and oxygen atoms in total. The van der Waals surface area contributed by atoms with Crippen molar-refractivity contribution in [3.8, 4) is 5.75 Å². The Morgan fingerprint density at radius 2 is 1.92 bits per heavy atom. The van der Waals surface area contributed by atoms with E-state index in [2.05, 4.69) is 26.2 Å². The minimum Gasteiger partial charge on any atom is -0.494 e. The summed E-state index contributed by atoms with van der Waals surface area (Å²) in [6.07, 6.45) is -0.349. The number of ether oxygens (including phenoxy) is 2. The minimum atomic E-state index is -0.779. The van der Waals surface area contributed by atoms with Crippen LogP contribution in [0.2, 0.25) is 0 Å². The smallest absolute Gasteiger partial charge is 0.338 e. The lowest BCUT2D eigenvalue weighted by molar-refractivity contribution is -0.143. The van der Waals surface area contributed by atoms with Gasteiger partial charge in [-0.05, 0) is 63.6 Å². The molecule has 1 aromatic heterocycles. The van der Waals surface area contributed by atoms with Crippen molar-refractivity contribution in [3.63, 3.8) is 0 Å². The van der Waals surface area contributed by atoms with Gasteiger partial charge in [0.05, 0.1) is 35.6 Å². The summed E-state index contributed by atoms with van der Waals surface area (Å²) in [7, 11) is 0. The summed E-state index contributed by atoms with van der Waals surface area (Å²) >= 11 is 4.58. The Balaban J connectivity index is 1.77. The molecule has 3 aromatic rings. The molecule has 0 bridgehead atoms. The fraction of sp³-hybridized carbons (Fsp3) is 0.259. The van der Waals surface area contributed by atoms with Crippen LogP contribution in [-0.4, -0.2) is 29.2 Å². The van der Waals surface area contributed by atoms with Gasteiger partial charge in [0.25, 0.3) is 11.5 Å². The summed E-state index contributed by atoms with van der Waals surface area (Å²) in [5.41, 5.74) is 2.60. The number of carbonyl (C=O) groups is 2. The van der Waals surface area contributed by atoms with Gasteiger partial charge in [-0.25, -0.2) is 9.79 Å². The molecule has 190 valence electrons. The SMILES string of the molecule is CCOc1ccc([C@H]2C(C(=O)OC(C)C)=C(C)N=c3s/c(=C4/C(=O)Nc5ccc(Br)cc54)c(=O)n32)cc1. The first-order chi connectivity index (χ1) is 17.7. The first-order valence-electron chi connectivity index (χ1n) is 11.8. The first kappa shape index (κ1) is 25.2. The van der Waals surface area contributed by atoms with E-state index < -0.39 is 17.6 Å². The van der Waals surface area contributed by atoms with E-state index in [1.807, 2.05) is 25.1 Å². The predicted molar refractivity (Wildman–Crippen MR) is 144 cm³/mol. The van der Waals surface area contributed by atoms with Crippen LogP contribution in [0.5, 0.6) is 5.75 Å². The number of esters is 1. The van der Waals surface area contributed by atoms with Gasteiger partial charge in [-0.3, -0.25) is 14.2 Å². The summed E-state index contributed by atoms with van der Waals surface area (Å²) < 4.78 is 13.6. The molecule has 2 aliphatic rings. The summed E-state index contributed by atoms with van der Waals surface area (Å²) in [5.74, 6) is -0.218. The number of nitrogens with zero attached hydrogens (tertiary/aromatic N) is 2. The van der Waals surface area contributed by atoms with Gasteiger partial charge in [0.15, 0.2) is 4.80 Å². The minimum absolute atomic E-state index is 0.260. The Morgan fingerprint density at radius 3 is 2.59 bits per heavy atom. The Morgan fingerprint density at radius 1 is 1.19 bits per heavy atom. The van der Waals surface area contributed by atoms with Crippen molar-refractivity contribution in [2.24, 2.45) is 4.99 Å². The van der Waals surface area contributed by atoms with Crippen molar-refractivity contribution in [1.29, 1.82) is 0 Å². The molecule has 5 rings (SSSR count). The van der Waals surface area contributed by atoms with Gasteiger partial charge in [-0.15, -0.1) is 0 Å². The van der Waals surface area contributed by atoms with Gasteiger partial charge < -0.3 is 14.8 Å². The fourth-order valence-corrected chi connectivity index (χ4v) is 6.01. The largest absolute Gasteiger partial charge is 0.494 e. The van der Waals surface area contributed by atoms with Crippen LogP contribution in [0.4, 0.5) is 5.69 Å². The van der Waals surface area contributed by atoms with Crippen molar-refractivity contribution in [1.82, 2.24) is 4.57 Å². The van der Waals surface area contributed by atoms with Gasteiger partial charge in [0, 0.05) is 15.7 Å². The molecule has 37 heavy (non-hydrogen) atoms.